The van der Waals surface area contributed by atoms with Crippen LogP contribution in [0.3, 0.4) is 0 Å². The number of rotatable bonds is 7. The van der Waals surface area contributed by atoms with Crippen LogP contribution in [0.1, 0.15) is 18.4 Å². The zero-order chi connectivity index (χ0) is 14.5. The van der Waals surface area contributed by atoms with Crippen molar-refractivity contribution in [3.05, 3.63) is 33.9 Å². The van der Waals surface area contributed by atoms with E-state index in [4.69, 9.17) is 15.4 Å². The van der Waals surface area contributed by atoms with Gasteiger partial charge in [-0.05, 0) is 31.4 Å². The van der Waals surface area contributed by atoms with Crippen LogP contribution in [0.5, 0.6) is 5.75 Å². The molecule has 1 aromatic carbocycles. The van der Waals surface area contributed by atoms with Crippen LogP contribution in [0.25, 0.3) is 0 Å². The Balaban J connectivity index is 2.44. The van der Waals surface area contributed by atoms with Crippen molar-refractivity contribution in [1.29, 1.82) is 0 Å². The molecule has 0 aromatic heterocycles. The molecule has 19 heavy (non-hydrogen) atoms. The van der Waals surface area contributed by atoms with E-state index in [9.17, 15) is 18.5 Å². The lowest BCUT2D eigenvalue weighted by atomic mass is 10.2. The number of aryl methyl sites for hydroxylation is 1. The average Bonchev–Trinajstić information content (AvgIpc) is 2.28. The molecule has 0 amide bonds. The summed E-state index contributed by atoms with van der Waals surface area (Å²) in [6.07, 6.45) is 0.959. The lowest BCUT2D eigenvalue weighted by Crippen LogP contribution is -2.03. The molecule has 0 bridgehead atoms. The predicted molar refractivity (Wildman–Crippen MR) is 72.2 cm³/mol. The lowest BCUT2D eigenvalue weighted by Gasteiger charge is -2.08. The summed E-state index contributed by atoms with van der Waals surface area (Å²) in [6, 6.07) is 4.33. The van der Waals surface area contributed by atoms with Crippen molar-refractivity contribution in [2.45, 2.75) is 19.8 Å². The molecule has 106 valence electrons. The molecule has 1 rings (SSSR count). The van der Waals surface area contributed by atoms with E-state index in [1.807, 2.05) is 0 Å². The third-order valence-electron chi connectivity index (χ3n) is 2.41. The second-order valence-electron chi connectivity index (χ2n) is 4.01. The second-order valence-corrected chi connectivity index (χ2v) is 6.90. The van der Waals surface area contributed by atoms with Gasteiger partial charge in [-0.25, -0.2) is 8.42 Å². The molecule has 0 unspecified atom stereocenters. The standard InChI is InChI=1S/C11H14ClNO5S/c1-9-8-10(13(14)15)4-5-11(9)18-6-2-3-7-19(12,16)17/h4-5,8H,2-3,6-7H2,1H3. The number of hydrogen-bond donors (Lipinski definition) is 0. The Morgan fingerprint density at radius 2 is 2.05 bits per heavy atom. The average molecular weight is 308 g/mol. The van der Waals surface area contributed by atoms with Crippen molar-refractivity contribution in [2.75, 3.05) is 12.4 Å². The molecule has 0 saturated carbocycles. The molecule has 0 heterocycles. The van der Waals surface area contributed by atoms with Gasteiger partial charge in [-0.15, -0.1) is 0 Å². The highest BCUT2D eigenvalue weighted by atomic mass is 35.7. The normalized spacial score (nSPS) is 11.3. The Morgan fingerprint density at radius 1 is 1.37 bits per heavy atom. The van der Waals surface area contributed by atoms with Crippen molar-refractivity contribution in [1.82, 2.24) is 0 Å². The maximum absolute atomic E-state index is 10.7. The Bertz CT molecular complexity index is 558. The Morgan fingerprint density at radius 3 is 2.58 bits per heavy atom. The first-order chi connectivity index (χ1) is 8.79. The largest absolute Gasteiger partial charge is 0.493 e. The minimum absolute atomic E-state index is 0.0121. The highest BCUT2D eigenvalue weighted by Crippen LogP contribution is 2.23. The highest BCUT2D eigenvalue weighted by Gasteiger charge is 2.09. The van der Waals surface area contributed by atoms with Gasteiger partial charge in [0.25, 0.3) is 5.69 Å². The van der Waals surface area contributed by atoms with E-state index in [1.165, 1.54) is 18.2 Å². The molecule has 0 radical (unpaired) electrons. The number of unbranched alkanes of at least 4 members (excludes halogenated alkanes) is 1. The molecule has 1 aromatic rings. The Kier molecular flexibility index (Phi) is 5.56. The number of ether oxygens (including phenoxy) is 1. The molecular weight excluding hydrogens is 294 g/mol. The summed E-state index contributed by atoms with van der Waals surface area (Å²) >= 11 is 0. The number of hydrogen-bond acceptors (Lipinski definition) is 5. The molecule has 0 aliphatic carbocycles. The minimum Gasteiger partial charge on any atom is -0.493 e. The number of benzene rings is 1. The van der Waals surface area contributed by atoms with Crippen LogP contribution >= 0.6 is 10.7 Å². The van der Waals surface area contributed by atoms with Gasteiger partial charge in [0, 0.05) is 22.8 Å². The molecule has 0 spiro atoms. The van der Waals surface area contributed by atoms with Gasteiger partial charge in [0.1, 0.15) is 5.75 Å². The fourth-order valence-electron chi connectivity index (χ4n) is 1.47. The zero-order valence-electron chi connectivity index (χ0n) is 10.3. The summed E-state index contributed by atoms with van der Waals surface area (Å²) in [6.45, 7) is 2.05. The summed E-state index contributed by atoms with van der Waals surface area (Å²) in [5.41, 5.74) is 0.678. The second kappa shape index (κ2) is 6.72. The first-order valence-electron chi connectivity index (χ1n) is 5.60. The summed E-state index contributed by atoms with van der Waals surface area (Å²) in [7, 11) is 1.62. The van der Waals surface area contributed by atoms with E-state index in [-0.39, 0.29) is 11.4 Å². The summed E-state index contributed by atoms with van der Waals surface area (Å²) < 4.78 is 26.8. The molecule has 0 fully saturated rings. The third kappa shape index (κ3) is 5.89. The van der Waals surface area contributed by atoms with Crippen LogP contribution in [0.2, 0.25) is 0 Å². The van der Waals surface area contributed by atoms with Crippen molar-refractivity contribution in [3.63, 3.8) is 0 Å². The van der Waals surface area contributed by atoms with E-state index in [0.717, 1.165) is 0 Å². The van der Waals surface area contributed by atoms with E-state index in [2.05, 4.69) is 0 Å². The van der Waals surface area contributed by atoms with Gasteiger partial charge in [0.2, 0.25) is 9.05 Å². The van der Waals surface area contributed by atoms with Crippen molar-refractivity contribution in [3.8, 4) is 5.75 Å². The monoisotopic (exact) mass is 307 g/mol. The smallest absolute Gasteiger partial charge is 0.269 e. The van der Waals surface area contributed by atoms with Crippen molar-refractivity contribution < 1.29 is 18.1 Å². The molecule has 0 N–H and O–H groups in total. The van der Waals surface area contributed by atoms with Crippen LogP contribution in [-0.2, 0) is 9.05 Å². The summed E-state index contributed by atoms with van der Waals surface area (Å²) in [5, 5.41) is 10.6. The predicted octanol–water partition coefficient (Wildman–Crippen LogP) is 2.63. The van der Waals surface area contributed by atoms with Gasteiger partial charge in [-0.2, -0.15) is 0 Å². The van der Waals surface area contributed by atoms with E-state index in [1.54, 1.807) is 6.92 Å². The molecule has 0 aliphatic rings. The van der Waals surface area contributed by atoms with Crippen LogP contribution in [0.4, 0.5) is 5.69 Å². The number of nitrogens with zero attached hydrogens (tertiary/aromatic N) is 1. The molecule has 8 heteroatoms. The highest BCUT2D eigenvalue weighted by molar-refractivity contribution is 8.13. The molecule has 0 saturated heterocycles. The van der Waals surface area contributed by atoms with Gasteiger partial charge in [-0.1, -0.05) is 0 Å². The number of nitro benzene ring substituents is 1. The maximum Gasteiger partial charge on any atom is 0.269 e. The SMILES string of the molecule is Cc1cc([N+](=O)[O-])ccc1OCCCCS(=O)(=O)Cl. The fourth-order valence-corrected chi connectivity index (χ4v) is 2.34. The van der Waals surface area contributed by atoms with Gasteiger partial charge in [-0.3, -0.25) is 10.1 Å². The summed E-state index contributed by atoms with van der Waals surface area (Å²) in [4.78, 5) is 10.1. The fraction of sp³-hybridized carbons (Fsp3) is 0.455. The van der Waals surface area contributed by atoms with Gasteiger partial charge < -0.3 is 4.74 Å². The van der Waals surface area contributed by atoms with Crippen molar-refractivity contribution >= 4 is 25.4 Å². The van der Waals surface area contributed by atoms with E-state index < -0.39 is 14.0 Å². The number of non-ortho nitro benzene ring substituents is 1. The minimum atomic E-state index is -3.45. The van der Waals surface area contributed by atoms with E-state index in [0.29, 0.717) is 30.8 Å². The summed E-state index contributed by atoms with van der Waals surface area (Å²) in [5.74, 6) is 0.469. The topological polar surface area (TPSA) is 86.5 Å². The quantitative estimate of drug-likeness (QED) is 0.334. The number of nitro groups is 1. The molecule has 0 aliphatic heterocycles. The van der Waals surface area contributed by atoms with Crippen LogP contribution in [-0.4, -0.2) is 25.7 Å². The van der Waals surface area contributed by atoms with Crippen LogP contribution in [0.15, 0.2) is 18.2 Å². The van der Waals surface area contributed by atoms with Gasteiger partial charge in [0.05, 0.1) is 17.3 Å². The molecule has 0 atom stereocenters. The lowest BCUT2D eigenvalue weighted by molar-refractivity contribution is -0.384. The molecular formula is C11H14ClNO5S. The van der Waals surface area contributed by atoms with Gasteiger partial charge >= 0.3 is 0 Å². The van der Waals surface area contributed by atoms with Crippen molar-refractivity contribution in [2.24, 2.45) is 0 Å². The first-order valence-corrected chi connectivity index (χ1v) is 8.07. The third-order valence-corrected chi connectivity index (χ3v) is 3.65. The Labute approximate surface area is 115 Å². The zero-order valence-corrected chi connectivity index (χ0v) is 11.9. The Hall–Kier alpha value is -1.34. The van der Waals surface area contributed by atoms with Gasteiger partial charge in [0.15, 0.2) is 0 Å². The van der Waals surface area contributed by atoms with E-state index >= 15 is 0 Å². The molecule has 6 nitrogen and oxygen atoms in total. The van der Waals surface area contributed by atoms with Crippen LogP contribution in [0, 0.1) is 17.0 Å². The maximum atomic E-state index is 10.7. The van der Waals surface area contributed by atoms with Crippen LogP contribution < -0.4 is 4.74 Å². The first kappa shape index (κ1) is 15.7. The number of halogens is 1.